The molecule has 0 saturated carbocycles. The Morgan fingerprint density at radius 1 is 1.32 bits per heavy atom. The molecule has 0 bridgehead atoms. The third kappa shape index (κ3) is 2.77. The number of thiophene rings is 1. The van der Waals surface area contributed by atoms with Crippen molar-refractivity contribution < 1.29 is 9.53 Å². The first-order valence-corrected chi connectivity index (χ1v) is 7.52. The molecule has 1 aromatic carbocycles. The molecule has 1 atom stereocenters. The zero-order chi connectivity index (χ0) is 13.1. The van der Waals surface area contributed by atoms with Crippen molar-refractivity contribution in [3.8, 4) is 0 Å². The fraction of sp³-hybridized carbons (Fsp3) is 0.312. The van der Waals surface area contributed by atoms with Crippen LogP contribution in [-0.4, -0.2) is 12.4 Å². The van der Waals surface area contributed by atoms with E-state index in [0.717, 1.165) is 18.4 Å². The van der Waals surface area contributed by atoms with Gasteiger partial charge in [-0.05, 0) is 46.4 Å². The number of ether oxygens (including phenoxy) is 1. The van der Waals surface area contributed by atoms with Gasteiger partial charge in [0.15, 0.2) is 5.78 Å². The molecule has 1 aromatic heterocycles. The van der Waals surface area contributed by atoms with E-state index in [4.69, 9.17) is 4.74 Å². The van der Waals surface area contributed by atoms with Gasteiger partial charge in [-0.2, -0.15) is 11.3 Å². The standard InChI is InChI=1S/C16H16O2S/c17-15(6-5-12-8-10-19-11-12)16-14-4-2-1-3-13(14)7-9-18-16/h1-4,8,10-11,16H,5-7,9H2. The number of hydrogen-bond acceptors (Lipinski definition) is 3. The van der Waals surface area contributed by atoms with Crippen LogP contribution in [0.3, 0.4) is 0 Å². The van der Waals surface area contributed by atoms with Gasteiger partial charge in [0.2, 0.25) is 0 Å². The van der Waals surface area contributed by atoms with Crippen LogP contribution >= 0.6 is 11.3 Å². The van der Waals surface area contributed by atoms with Gasteiger partial charge in [0.1, 0.15) is 6.10 Å². The summed E-state index contributed by atoms with van der Waals surface area (Å²) in [6.07, 6.45) is 1.91. The zero-order valence-electron chi connectivity index (χ0n) is 10.7. The average molecular weight is 272 g/mol. The summed E-state index contributed by atoms with van der Waals surface area (Å²) in [5.41, 5.74) is 3.55. The van der Waals surface area contributed by atoms with E-state index < -0.39 is 0 Å². The molecule has 0 aliphatic carbocycles. The summed E-state index contributed by atoms with van der Waals surface area (Å²) in [7, 11) is 0. The van der Waals surface area contributed by atoms with Gasteiger partial charge in [-0.1, -0.05) is 24.3 Å². The predicted molar refractivity (Wildman–Crippen MR) is 76.5 cm³/mol. The Morgan fingerprint density at radius 3 is 3.05 bits per heavy atom. The molecule has 0 N–H and O–H groups in total. The van der Waals surface area contributed by atoms with Crippen LogP contribution in [0.2, 0.25) is 0 Å². The topological polar surface area (TPSA) is 26.3 Å². The Hall–Kier alpha value is -1.45. The van der Waals surface area contributed by atoms with Crippen LogP contribution in [-0.2, 0) is 22.4 Å². The van der Waals surface area contributed by atoms with Crippen molar-refractivity contribution in [2.75, 3.05) is 6.61 Å². The number of ketones is 1. The molecular formula is C16H16O2S. The van der Waals surface area contributed by atoms with Crippen molar-refractivity contribution in [3.63, 3.8) is 0 Å². The number of benzene rings is 1. The average Bonchev–Trinajstić information content (AvgIpc) is 2.97. The van der Waals surface area contributed by atoms with Crippen molar-refractivity contribution in [1.82, 2.24) is 0 Å². The van der Waals surface area contributed by atoms with Crippen LogP contribution < -0.4 is 0 Å². The van der Waals surface area contributed by atoms with Crippen molar-refractivity contribution in [1.29, 1.82) is 0 Å². The zero-order valence-corrected chi connectivity index (χ0v) is 11.5. The van der Waals surface area contributed by atoms with E-state index in [0.29, 0.717) is 13.0 Å². The van der Waals surface area contributed by atoms with Crippen molar-refractivity contribution in [3.05, 3.63) is 57.8 Å². The van der Waals surface area contributed by atoms with Gasteiger partial charge in [0.05, 0.1) is 6.61 Å². The number of fused-ring (bicyclic) bond motifs is 1. The Kier molecular flexibility index (Phi) is 3.76. The highest BCUT2D eigenvalue weighted by Crippen LogP contribution is 2.28. The van der Waals surface area contributed by atoms with E-state index in [1.165, 1.54) is 11.1 Å². The van der Waals surface area contributed by atoms with E-state index in [9.17, 15) is 4.79 Å². The third-order valence-corrected chi connectivity index (χ3v) is 4.26. The summed E-state index contributed by atoms with van der Waals surface area (Å²) in [4.78, 5) is 12.3. The Bertz CT molecular complexity index is 560. The second kappa shape index (κ2) is 5.68. The fourth-order valence-corrected chi connectivity index (χ4v) is 3.20. The third-order valence-electron chi connectivity index (χ3n) is 3.53. The molecule has 0 saturated heterocycles. The van der Waals surface area contributed by atoms with E-state index in [1.807, 2.05) is 23.6 Å². The second-order valence-electron chi connectivity index (χ2n) is 4.80. The SMILES string of the molecule is O=C(CCc1ccsc1)C1OCCc2ccccc21. The molecule has 0 spiro atoms. The summed E-state index contributed by atoms with van der Waals surface area (Å²) in [6.45, 7) is 0.645. The van der Waals surface area contributed by atoms with Crippen LogP contribution in [0, 0.1) is 0 Å². The molecule has 3 rings (SSSR count). The first-order chi connectivity index (χ1) is 9.34. The molecule has 2 heterocycles. The summed E-state index contributed by atoms with van der Waals surface area (Å²) in [5.74, 6) is 0.193. The van der Waals surface area contributed by atoms with E-state index in [1.54, 1.807) is 11.3 Å². The van der Waals surface area contributed by atoms with Gasteiger partial charge in [-0.25, -0.2) is 0 Å². The lowest BCUT2D eigenvalue weighted by Crippen LogP contribution is -2.23. The number of carbonyl (C=O) groups is 1. The van der Waals surface area contributed by atoms with E-state index >= 15 is 0 Å². The minimum absolute atomic E-state index is 0.193. The molecule has 1 aliphatic rings. The largest absolute Gasteiger partial charge is 0.365 e. The van der Waals surface area contributed by atoms with Gasteiger partial charge in [0.25, 0.3) is 0 Å². The maximum Gasteiger partial charge on any atom is 0.166 e. The monoisotopic (exact) mass is 272 g/mol. The first kappa shape index (κ1) is 12.6. The number of aryl methyl sites for hydroxylation is 1. The molecule has 19 heavy (non-hydrogen) atoms. The lowest BCUT2D eigenvalue weighted by molar-refractivity contribution is -0.131. The number of rotatable bonds is 4. The fourth-order valence-electron chi connectivity index (χ4n) is 2.49. The molecule has 0 fully saturated rings. The molecular weight excluding hydrogens is 256 g/mol. The number of Topliss-reactive ketones (excluding diaryl/α,β-unsaturated/α-hetero) is 1. The van der Waals surface area contributed by atoms with Gasteiger partial charge in [-0.3, -0.25) is 4.79 Å². The molecule has 1 unspecified atom stereocenters. The Balaban J connectivity index is 1.71. The van der Waals surface area contributed by atoms with Gasteiger partial charge >= 0.3 is 0 Å². The highest BCUT2D eigenvalue weighted by atomic mass is 32.1. The Morgan fingerprint density at radius 2 is 2.21 bits per heavy atom. The highest BCUT2D eigenvalue weighted by Gasteiger charge is 2.26. The quantitative estimate of drug-likeness (QED) is 0.850. The normalized spacial score (nSPS) is 18.0. The summed E-state index contributed by atoms with van der Waals surface area (Å²) >= 11 is 1.67. The second-order valence-corrected chi connectivity index (χ2v) is 5.58. The molecule has 1 aliphatic heterocycles. The van der Waals surface area contributed by atoms with Crippen molar-refractivity contribution in [2.24, 2.45) is 0 Å². The maximum atomic E-state index is 12.3. The lowest BCUT2D eigenvalue weighted by atomic mass is 9.93. The van der Waals surface area contributed by atoms with Crippen LogP contribution in [0.15, 0.2) is 41.1 Å². The van der Waals surface area contributed by atoms with Gasteiger partial charge < -0.3 is 4.74 Å². The van der Waals surface area contributed by atoms with Crippen LogP contribution in [0.5, 0.6) is 0 Å². The predicted octanol–water partition coefficient (Wildman–Crippen LogP) is 3.56. The molecule has 0 radical (unpaired) electrons. The maximum absolute atomic E-state index is 12.3. The summed E-state index contributed by atoms with van der Waals surface area (Å²) in [5, 5.41) is 4.15. The number of hydrogen-bond donors (Lipinski definition) is 0. The summed E-state index contributed by atoms with van der Waals surface area (Å²) in [6, 6.07) is 10.2. The minimum Gasteiger partial charge on any atom is -0.365 e. The highest BCUT2D eigenvalue weighted by molar-refractivity contribution is 7.07. The summed E-state index contributed by atoms with van der Waals surface area (Å²) < 4.78 is 5.69. The van der Waals surface area contributed by atoms with Gasteiger partial charge in [-0.15, -0.1) is 0 Å². The van der Waals surface area contributed by atoms with Crippen molar-refractivity contribution in [2.45, 2.75) is 25.4 Å². The van der Waals surface area contributed by atoms with Crippen molar-refractivity contribution >= 4 is 17.1 Å². The Labute approximate surface area is 117 Å². The van der Waals surface area contributed by atoms with Gasteiger partial charge in [0, 0.05) is 6.42 Å². The molecule has 2 aromatic rings. The van der Waals surface area contributed by atoms with E-state index in [2.05, 4.69) is 17.5 Å². The molecule has 0 amide bonds. The van der Waals surface area contributed by atoms with Crippen LogP contribution in [0.1, 0.15) is 29.2 Å². The molecule has 3 heteroatoms. The molecule has 2 nitrogen and oxygen atoms in total. The first-order valence-electron chi connectivity index (χ1n) is 6.58. The minimum atomic E-state index is -0.358. The van der Waals surface area contributed by atoms with Crippen LogP contribution in [0.25, 0.3) is 0 Å². The molecule has 98 valence electrons. The smallest absolute Gasteiger partial charge is 0.166 e. The van der Waals surface area contributed by atoms with Crippen LogP contribution in [0.4, 0.5) is 0 Å². The lowest BCUT2D eigenvalue weighted by Gasteiger charge is -2.24. The number of carbonyl (C=O) groups excluding carboxylic acids is 1. The van der Waals surface area contributed by atoms with E-state index in [-0.39, 0.29) is 11.9 Å².